The molecule has 0 spiro atoms. The van der Waals surface area contributed by atoms with E-state index < -0.39 is 13.0 Å². The summed E-state index contributed by atoms with van der Waals surface area (Å²) in [6.07, 6.45) is 0. The van der Waals surface area contributed by atoms with Crippen molar-refractivity contribution >= 4 is 19.4 Å². The summed E-state index contributed by atoms with van der Waals surface area (Å²) < 4.78 is 5.02. The third-order valence-electron chi connectivity index (χ3n) is 2.13. The Morgan fingerprint density at radius 3 is 2.44 bits per heavy atom. The van der Waals surface area contributed by atoms with Crippen LogP contribution >= 0.6 is 0 Å². The zero-order valence-corrected chi connectivity index (χ0v) is 11.9. The highest BCUT2D eigenvalue weighted by Gasteiger charge is 2.15. The number of rotatable bonds is 2. The maximum absolute atomic E-state index is 10.8. The lowest BCUT2D eigenvalue weighted by Crippen LogP contribution is -2.16. The minimum atomic E-state index is -1.56. The topological polar surface area (TPSA) is 78.4 Å². The monoisotopic (exact) mass is 264 g/mol. The highest BCUT2D eigenvalue weighted by Crippen LogP contribution is 2.30. The minimum absolute atomic E-state index is 0.0686. The highest BCUT2D eigenvalue weighted by atomic mass is 28.3. The average Bonchev–Trinajstić information content (AvgIpc) is 2.26. The van der Waals surface area contributed by atoms with Crippen molar-refractivity contribution in [1.29, 1.82) is 0 Å². The largest absolute Gasteiger partial charge is 0.494 e. The van der Waals surface area contributed by atoms with Gasteiger partial charge in [0.2, 0.25) is 0 Å². The lowest BCUT2D eigenvalue weighted by molar-refractivity contribution is -0.384. The summed E-state index contributed by atoms with van der Waals surface area (Å²) in [4.78, 5) is 10.3. The SMILES string of the molecule is COc1cc([N+](=O)[O-])cc(C#C[Si](C)(C)C)c1N. The van der Waals surface area contributed by atoms with E-state index in [1.54, 1.807) is 0 Å². The predicted molar refractivity (Wildman–Crippen MR) is 74.3 cm³/mol. The number of non-ortho nitro benzene ring substituents is 1. The van der Waals surface area contributed by atoms with E-state index in [0.29, 0.717) is 11.3 Å². The van der Waals surface area contributed by atoms with E-state index in [-0.39, 0.29) is 11.4 Å². The average molecular weight is 264 g/mol. The van der Waals surface area contributed by atoms with E-state index in [4.69, 9.17) is 10.5 Å². The van der Waals surface area contributed by atoms with Crippen LogP contribution in [0.5, 0.6) is 5.75 Å². The maximum atomic E-state index is 10.8. The Kier molecular flexibility index (Phi) is 3.99. The minimum Gasteiger partial charge on any atom is -0.494 e. The van der Waals surface area contributed by atoms with Gasteiger partial charge in [-0.25, -0.2) is 0 Å². The number of hydrogen-bond acceptors (Lipinski definition) is 4. The molecule has 0 fully saturated rings. The fraction of sp³-hybridized carbons (Fsp3) is 0.333. The summed E-state index contributed by atoms with van der Waals surface area (Å²) in [6.45, 7) is 6.26. The smallest absolute Gasteiger partial charge is 0.274 e. The van der Waals surface area contributed by atoms with Crippen LogP contribution in [0.2, 0.25) is 19.6 Å². The number of benzene rings is 1. The Hall–Kier alpha value is -2.00. The van der Waals surface area contributed by atoms with Gasteiger partial charge in [0.1, 0.15) is 13.8 Å². The normalized spacial score (nSPS) is 10.4. The summed E-state index contributed by atoms with van der Waals surface area (Å²) in [5, 5.41) is 10.8. The number of hydrogen-bond donors (Lipinski definition) is 1. The van der Waals surface area contributed by atoms with E-state index in [1.807, 2.05) is 0 Å². The van der Waals surface area contributed by atoms with E-state index in [1.165, 1.54) is 19.2 Å². The summed E-state index contributed by atoms with van der Waals surface area (Å²) in [5.41, 5.74) is 9.71. The number of anilines is 1. The van der Waals surface area contributed by atoms with Crippen molar-refractivity contribution in [2.75, 3.05) is 12.8 Å². The van der Waals surface area contributed by atoms with Crippen molar-refractivity contribution in [3.63, 3.8) is 0 Å². The molecule has 2 N–H and O–H groups in total. The van der Waals surface area contributed by atoms with E-state index in [2.05, 4.69) is 31.1 Å². The van der Waals surface area contributed by atoms with Gasteiger partial charge in [-0.15, -0.1) is 5.54 Å². The Labute approximate surface area is 107 Å². The van der Waals surface area contributed by atoms with Crippen LogP contribution in [0.15, 0.2) is 12.1 Å². The predicted octanol–water partition coefficient (Wildman–Crippen LogP) is 2.41. The van der Waals surface area contributed by atoms with Gasteiger partial charge in [-0.2, -0.15) is 0 Å². The van der Waals surface area contributed by atoms with Crippen molar-refractivity contribution in [1.82, 2.24) is 0 Å². The highest BCUT2D eigenvalue weighted by molar-refractivity contribution is 6.83. The number of ether oxygens (including phenoxy) is 1. The molecule has 1 aromatic rings. The molecule has 0 atom stereocenters. The molecule has 0 unspecified atom stereocenters. The lowest BCUT2D eigenvalue weighted by Gasteiger charge is -2.07. The second-order valence-electron chi connectivity index (χ2n) is 4.87. The van der Waals surface area contributed by atoms with Crippen LogP contribution in [0.1, 0.15) is 5.56 Å². The van der Waals surface area contributed by atoms with Crippen LogP contribution in [0.3, 0.4) is 0 Å². The number of nitro groups is 1. The molecule has 0 aliphatic carbocycles. The van der Waals surface area contributed by atoms with Crippen LogP contribution < -0.4 is 10.5 Å². The molecule has 0 aliphatic rings. The number of nitro benzene ring substituents is 1. The summed E-state index contributed by atoms with van der Waals surface area (Å²) in [7, 11) is -0.141. The second kappa shape index (κ2) is 5.10. The molecule has 0 aromatic heterocycles. The standard InChI is InChI=1S/C12H16N2O3Si/c1-17-11-8-10(14(15)16)7-9(12(11)13)5-6-18(2,3)4/h7-8H,13H2,1-4H3. The molecule has 0 amide bonds. The van der Waals surface area contributed by atoms with Gasteiger partial charge in [0.25, 0.3) is 5.69 Å². The number of nitrogen functional groups attached to an aromatic ring is 1. The molecule has 18 heavy (non-hydrogen) atoms. The molecular weight excluding hydrogens is 248 g/mol. The molecule has 6 heteroatoms. The van der Waals surface area contributed by atoms with E-state index in [0.717, 1.165) is 0 Å². The summed E-state index contributed by atoms with van der Waals surface area (Å²) >= 11 is 0. The van der Waals surface area contributed by atoms with Crippen molar-refractivity contribution in [3.8, 4) is 17.2 Å². The van der Waals surface area contributed by atoms with E-state index in [9.17, 15) is 10.1 Å². The molecule has 0 heterocycles. The quantitative estimate of drug-likeness (QED) is 0.292. The second-order valence-corrected chi connectivity index (χ2v) is 9.62. The Balaban J connectivity index is 3.37. The van der Waals surface area contributed by atoms with Gasteiger partial charge in [0, 0.05) is 6.07 Å². The maximum Gasteiger partial charge on any atom is 0.274 e. The Morgan fingerprint density at radius 2 is 2.00 bits per heavy atom. The van der Waals surface area contributed by atoms with Gasteiger partial charge >= 0.3 is 0 Å². The third-order valence-corrected chi connectivity index (χ3v) is 3.00. The third kappa shape index (κ3) is 3.50. The summed E-state index contributed by atoms with van der Waals surface area (Å²) in [5.74, 6) is 3.21. The molecule has 0 bridgehead atoms. The summed E-state index contributed by atoms with van der Waals surface area (Å²) in [6, 6.07) is 2.68. The fourth-order valence-electron chi connectivity index (χ4n) is 1.24. The molecule has 0 radical (unpaired) electrons. The molecule has 1 aromatic carbocycles. The van der Waals surface area contributed by atoms with Gasteiger partial charge in [0.15, 0.2) is 0 Å². The molecule has 96 valence electrons. The lowest BCUT2D eigenvalue weighted by atomic mass is 10.1. The first-order chi connectivity index (χ1) is 8.24. The number of methoxy groups -OCH3 is 1. The van der Waals surface area contributed by atoms with E-state index >= 15 is 0 Å². The molecule has 5 nitrogen and oxygen atoms in total. The number of nitrogens with two attached hydrogens (primary N) is 1. The van der Waals surface area contributed by atoms with Crippen LogP contribution in [0, 0.1) is 21.6 Å². The van der Waals surface area contributed by atoms with Crippen LogP contribution in [0.4, 0.5) is 11.4 Å². The molecule has 0 aliphatic heterocycles. The molecule has 1 rings (SSSR count). The Morgan fingerprint density at radius 1 is 1.39 bits per heavy atom. The zero-order chi connectivity index (χ0) is 13.9. The van der Waals surface area contributed by atoms with Gasteiger partial charge in [-0.3, -0.25) is 10.1 Å². The van der Waals surface area contributed by atoms with Gasteiger partial charge < -0.3 is 10.5 Å². The first kappa shape index (κ1) is 14.1. The molecule has 0 saturated carbocycles. The van der Waals surface area contributed by atoms with Crippen molar-refractivity contribution < 1.29 is 9.66 Å². The molecular formula is C12H16N2O3Si. The Bertz CT molecular complexity index is 539. The van der Waals surface area contributed by atoms with Crippen LogP contribution in [-0.2, 0) is 0 Å². The van der Waals surface area contributed by atoms with Gasteiger partial charge in [0.05, 0.1) is 29.4 Å². The number of nitrogens with zero attached hydrogens (tertiary/aromatic N) is 1. The van der Waals surface area contributed by atoms with Crippen molar-refractivity contribution in [3.05, 3.63) is 27.8 Å². The first-order valence-corrected chi connectivity index (χ1v) is 8.89. The van der Waals surface area contributed by atoms with Gasteiger partial charge in [-0.1, -0.05) is 25.6 Å². The van der Waals surface area contributed by atoms with Crippen molar-refractivity contribution in [2.24, 2.45) is 0 Å². The van der Waals surface area contributed by atoms with Gasteiger partial charge in [-0.05, 0) is 0 Å². The first-order valence-electron chi connectivity index (χ1n) is 5.39. The fourth-order valence-corrected chi connectivity index (χ4v) is 1.75. The zero-order valence-electron chi connectivity index (χ0n) is 10.9. The molecule has 0 saturated heterocycles. The van der Waals surface area contributed by atoms with Crippen LogP contribution in [0.25, 0.3) is 0 Å². The van der Waals surface area contributed by atoms with Crippen LogP contribution in [-0.4, -0.2) is 20.1 Å². The van der Waals surface area contributed by atoms with Crippen molar-refractivity contribution in [2.45, 2.75) is 19.6 Å².